The zero-order valence-corrected chi connectivity index (χ0v) is 11.6. The highest BCUT2D eigenvalue weighted by Crippen LogP contribution is 2.35. The average Bonchev–Trinajstić information content (AvgIpc) is 2.82. The van der Waals surface area contributed by atoms with Gasteiger partial charge in [-0.05, 0) is 25.5 Å². The van der Waals surface area contributed by atoms with E-state index >= 15 is 0 Å². The summed E-state index contributed by atoms with van der Waals surface area (Å²) >= 11 is 0. The molecule has 0 radical (unpaired) electrons. The van der Waals surface area contributed by atoms with E-state index in [-0.39, 0.29) is 5.54 Å². The molecule has 1 unspecified atom stereocenters. The third-order valence-corrected chi connectivity index (χ3v) is 4.25. The van der Waals surface area contributed by atoms with Gasteiger partial charge in [-0.1, -0.05) is 49.4 Å². The minimum absolute atomic E-state index is 0.0529. The van der Waals surface area contributed by atoms with E-state index in [1.165, 1.54) is 21.8 Å². The van der Waals surface area contributed by atoms with Crippen molar-refractivity contribution in [2.24, 2.45) is 0 Å². The Balaban J connectivity index is 2.53. The van der Waals surface area contributed by atoms with Crippen molar-refractivity contribution in [3.8, 4) is 0 Å². The fourth-order valence-corrected chi connectivity index (χ4v) is 2.87. The van der Waals surface area contributed by atoms with Crippen molar-refractivity contribution in [3.63, 3.8) is 0 Å². The molecule has 0 N–H and O–H groups in total. The van der Waals surface area contributed by atoms with E-state index in [1.54, 1.807) is 0 Å². The van der Waals surface area contributed by atoms with Crippen molar-refractivity contribution in [1.82, 2.24) is 4.57 Å². The van der Waals surface area contributed by atoms with Gasteiger partial charge in [0.1, 0.15) is 0 Å². The molecule has 0 saturated carbocycles. The molecule has 0 aliphatic heterocycles. The summed E-state index contributed by atoms with van der Waals surface area (Å²) < 4.78 is 2.42. The fourth-order valence-electron chi connectivity index (χ4n) is 2.87. The Bertz CT molecular complexity index is 697. The molecule has 1 atom stereocenters. The summed E-state index contributed by atoms with van der Waals surface area (Å²) in [6.07, 6.45) is 3.09. The molecule has 96 valence electrons. The number of hydrogen-bond acceptors (Lipinski definition) is 0. The molecule has 1 nitrogen and oxygen atoms in total. The van der Waals surface area contributed by atoms with Gasteiger partial charge in [0.25, 0.3) is 0 Å². The molecule has 1 heterocycles. The summed E-state index contributed by atoms with van der Waals surface area (Å²) in [6, 6.07) is 17.2. The second-order valence-electron chi connectivity index (χ2n) is 5.28. The van der Waals surface area contributed by atoms with Gasteiger partial charge in [0.2, 0.25) is 0 Å². The Labute approximate surface area is 114 Å². The van der Waals surface area contributed by atoms with Crippen molar-refractivity contribution in [2.75, 3.05) is 0 Å². The lowest BCUT2D eigenvalue weighted by molar-refractivity contribution is 0.421. The minimum atomic E-state index is -0.0529. The predicted molar refractivity (Wildman–Crippen MR) is 83.6 cm³/mol. The lowest BCUT2D eigenvalue weighted by Crippen LogP contribution is -2.26. The van der Waals surface area contributed by atoms with Crippen LogP contribution in [-0.2, 0) is 5.54 Å². The molecule has 0 saturated heterocycles. The van der Waals surface area contributed by atoms with Gasteiger partial charge >= 0.3 is 0 Å². The maximum atomic E-state index is 4.05. The van der Waals surface area contributed by atoms with E-state index in [2.05, 4.69) is 79.6 Å². The molecule has 19 heavy (non-hydrogen) atoms. The van der Waals surface area contributed by atoms with Gasteiger partial charge in [-0.2, -0.15) is 0 Å². The van der Waals surface area contributed by atoms with Gasteiger partial charge in [-0.25, -0.2) is 0 Å². The molecule has 1 aromatic heterocycles. The second kappa shape index (κ2) is 4.27. The van der Waals surface area contributed by atoms with Gasteiger partial charge in [0.05, 0.1) is 5.54 Å². The first kappa shape index (κ1) is 12.0. The summed E-state index contributed by atoms with van der Waals surface area (Å²) in [5.41, 5.74) is 2.52. The van der Waals surface area contributed by atoms with Crippen LogP contribution in [0.15, 0.2) is 61.2 Å². The highest BCUT2D eigenvalue weighted by Gasteiger charge is 2.24. The number of fused-ring (bicyclic) bond motifs is 3. The van der Waals surface area contributed by atoms with Crippen molar-refractivity contribution in [2.45, 2.75) is 25.8 Å². The monoisotopic (exact) mass is 249 g/mol. The van der Waals surface area contributed by atoms with Crippen LogP contribution in [0.5, 0.6) is 0 Å². The highest BCUT2D eigenvalue weighted by atomic mass is 15.1. The number of para-hydroxylation sites is 2. The molecule has 0 fully saturated rings. The van der Waals surface area contributed by atoms with Crippen LogP contribution in [-0.4, -0.2) is 4.57 Å². The lowest BCUT2D eigenvalue weighted by Gasteiger charge is -2.28. The first-order valence-corrected chi connectivity index (χ1v) is 6.83. The van der Waals surface area contributed by atoms with Crippen LogP contribution in [0.2, 0.25) is 0 Å². The SMILES string of the molecule is C=CC(C)(CC)n1c2ccccc2c2ccccc21. The Morgan fingerprint density at radius 3 is 1.89 bits per heavy atom. The first-order chi connectivity index (χ1) is 9.21. The minimum Gasteiger partial charge on any atom is -0.331 e. The Morgan fingerprint density at radius 2 is 1.47 bits per heavy atom. The quantitative estimate of drug-likeness (QED) is 0.569. The van der Waals surface area contributed by atoms with E-state index in [0.29, 0.717) is 0 Å². The van der Waals surface area contributed by atoms with Gasteiger partial charge in [-0.15, -0.1) is 6.58 Å². The fraction of sp³-hybridized carbons (Fsp3) is 0.222. The molecule has 0 spiro atoms. The van der Waals surface area contributed by atoms with Gasteiger partial charge in [0, 0.05) is 21.8 Å². The molecule has 2 aromatic carbocycles. The van der Waals surface area contributed by atoms with Crippen LogP contribution in [0.1, 0.15) is 20.3 Å². The van der Waals surface area contributed by atoms with E-state index in [0.717, 1.165) is 6.42 Å². The van der Waals surface area contributed by atoms with Crippen LogP contribution >= 0.6 is 0 Å². The predicted octanol–water partition coefficient (Wildman–Crippen LogP) is 5.11. The molecule has 3 rings (SSSR count). The van der Waals surface area contributed by atoms with E-state index in [9.17, 15) is 0 Å². The molecular formula is C18H19N. The Morgan fingerprint density at radius 1 is 1.00 bits per heavy atom. The number of nitrogens with zero attached hydrogens (tertiary/aromatic N) is 1. The van der Waals surface area contributed by atoms with Crippen molar-refractivity contribution in [1.29, 1.82) is 0 Å². The summed E-state index contributed by atoms with van der Waals surface area (Å²) in [6.45, 7) is 8.51. The van der Waals surface area contributed by atoms with E-state index in [1.807, 2.05) is 0 Å². The molecule has 0 bridgehead atoms. The molecule has 0 aliphatic rings. The standard InChI is InChI=1S/C18H19N/c1-4-18(3,5-2)19-16-12-8-6-10-14(16)15-11-7-9-13-17(15)19/h4,6-13H,1,5H2,2-3H3. The van der Waals surface area contributed by atoms with Crippen molar-refractivity contribution >= 4 is 21.8 Å². The smallest absolute Gasteiger partial charge is 0.0600 e. The maximum absolute atomic E-state index is 4.05. The van der Waals surface area contributed by atoms with Crippen LogP contribution in [0.25, 0.3) is 21.8 Å². The zero-order valence-electron chi connectivity index (χ0n) is 11.6. The van der Waals surface area contributed by atoms with Crippen LogP contribution < -0.4 is 0 Å². The van der Waals surface area contributed by atoms with E-state index < -0.39 is 0 Å². The third-order valence-electron chi connectivity index (χ3n) is 4.25. The summed E-state index contributed by atoms with van der Waals surface area (Å²) in [4.78, 5) is 0. The first-order valence-electron chi connectivity index (χ1n) is 6.83. The lowest BCUT2D eigenvalue weighted by atomic mass is 9.98. The summed E-state index contributed by atoms with van der Waals surface area (Å²) in [5, 5.41) is 2.64. The summed E-state index contributed by atoms with van der Waals surface area (Å²) in [7, 11) is 0. The highest BCUT2D eigenvalue weighted by molar-refractivity contribution is 6.08. The second-order valence-corrected chi connectivity index (χ2v) is 5.28. The molecular weight excluding hydrogens is 230 g/mol. The molecule has 0 aliphatic carbocycles. The normalized spacial score (nSPS) is 14.6. The van der Waals surface area contributed by atoms with Crippen LogP contribution in [0.4, 0.5) is 0 Å². The number of aromatic nitrogens is 1. The summed E-state index contributed by atoms with van der Waals surface area (Å²) in [5.74, 6) is 0. The number of hydrogen-bond donors (Lipinski definition) is 0. The zero-order chi connectivity index (χ0) is 13.5. The number of allylic oxidation sites excluding steroid dienone is 1. The van der Waals surface area contributed by atoms with E-state index in [4.69, 9.17) is 0 Å². The Kier molecular flexibility index (Phi) is 2.70. The molecule has 1 heteroatoms. The maximum Gasteiger partial charge on any atom is 0.0600 e. The number of rotatable bonds is 3. The van der Waals surface area contributed by atoms with Crippen LogP contribution in [0, 0.1) is 0 Å². The van der Waals surface area contributed by atoms with Crippen molar-refractivity contribution < 1.29 is 0 Å². The van der Waals surface area contributed by atoms with Crippen molar-refractivity contribution in [3.05, 3.63) is 61.2 Å². The van der Waals surface area contributed by atoms with Gasteiger partial charge < -0.3 is 4.57 Å². The largest absolute Gasteiger partial charge is 0.331 e. The Hall–Kier alpha value is -2.02. The third kappa shape index (κ3) is 1.61. The number of benzene rings is 2. The molecule has 0 amide bonds. The van der Waals surface area contributed by atoms with Crippen LogP contribution in [0.3, 0.4) is 0 Å². The average molecular weight is 249 g/mol. The van der Waals surface area contributed by atoms with Gasteiger partial charge in [0.15, 0.2) is 0 Å². The topological polar surface area (TPSA) is 4.93 Å². The molecule has 3 aromatic rings. The van der Waals surface area contributed by atoms with Gasteiger partial charge in [-0.3, -0.25) is 0 Å².